The van der Waals surface area contributed by atoms with Gasteiger partial charge < -0.3 is 10.2 Å². The molecule has 0 unspecified atom stereocenters. The molecular formula is C23H30N2O2. The third-order valence-electron chi connectivity index (χ3n) is 4.62. The summed E-state index contributed by atoms with van der Waals surface area (Å²) < 4.78 is 0. The van der Waals surface area contributed by atoms with E-state index in [9.17, 15) is 9.59 Å². The third-order valence-corrected chi connectivity index (χ3v) is 4.62. The zero-order chi connectivity index (χ0) is 19.8. The molecule has 4 nitrogen and oxygen atoms in total. The molecule has 0 aromatic heterocycles. The molecule has 0 bridgehead atoms. The Balaban J connectivity index is 2.28. The summed E-state index contributed by atoms with van der Waals surface area (Å²) in [6.07, 6.45) is 0.871. The number of rotatable bonds is 8. The van der Waals surface area contributed by atoms with Crippen molar-refractivity contribution in [3.05, 3.63) is 71.3 Å². The first-order chi connectivity index (χ1) is 12.9. The Morgan fingerprint density at radius 2 is 1.63 bits per heavy atom. The minimum absolute atomic E-state index is 0.0288. The molecular weight excluding hydrogens is 336 g/mol. The second-order valence-electron chi connectivity index (χ2n) is 7.20. The van der Waals surface area contributed by atoms with Gasteiger partial charge in [-0.1, -0.05) is 61.5 Å². The van der Waals surface area contributed by atoms with E-state index in [1.54, 1.807) is 4.90 Å². The van der Waals surface area contributed by atoms with Crippen molar-refractivity contribution in [1.82, 2.24) is 10.2 Å². The fourth-order valence-electron chi connectivity index (χ4n) is 3.15. The van der Waals surface area contributed by atoms with Crippen LogP contribution in [0.3, 0.4) is 0 Å². The monoisotopic (exact) mass is 366 g/mol. The summed E-state index contributed by atoms with van der Waals surface area (Å²) in [7, 11) is 0. The van der Waals surface area contributed by atoms with Crippen LogP contribution in [0.2, 0.25) is 0 Å². The van der Waals surface area contributed by atoms with Gasteiger partial charge in [0.05, 0.1) is 6.42 Å². The lowest BCUT2D eigenvalue weighted by Crippen LogP contribution is -2.50. The molecule has 0 aliphatic heterocycles. The summed E-state index contributed by atoms with van der Waals surface area (Å²) in [4.78, 5) is 27.7. The Bertz CT molecular complexity index is 756. The molecule has 0 aliphatic carbocycles. The van der Waals surface area contributed by atoms with Crippen molar-refractivity contribution in [1.29, 1.82) is 0 Å². The summed E-state index contributed by atoms with van der Waals surface area (Å²) >= 11 is 0. The molecule has 0 saturated carbocycles. The number of hydrogen-bond donors (Lipinski definition) is 1. The summed E-state index contributed by atoms with van der Waals surface area (Å²) in [5.41, 5.74) is 3.11. The van der Waals surface area contributed by atoms with E-state index in [0.29, 0.717) is 19.4 Å². The van der Waals surface area contributed by atoms with E-state index in [0.717, 1.165) is 16.7 Å². The Kier molecular flexibility index (Phi) is 7.59. The Morgan fingerprint density at radius 1 is 1.00 bits per heavy atom. The highest BCUT2D eigenvalue weighted by molar-refractivity contribution is 5.88. The largest absolute Gasteiger partial charge is 0.352 e. The number of amides is 2. The quantitative estimate of drug-likeness (QED) is 0.771. The lowest BCUT2D eigenvalue weighted by Gasteiger charge is -2.31. The van der Waals surface area contributed by atoms with Crippen molar-refractivity contribution >= 4 is 11.8 Å². The molecule has 4 heteroatoms. The smallest absolute Gasteiger partial charge is 0.243 e. The molecule has 0 saturated heterocycles. The predicted octanol–water partition coefficient (Wildman–Crippen LogP) is 3.87. The molecule has 2 amide bonds. The maximum absolute atomic E-state index is 13.2. The van der Waals surface area contributed by atoms with Gasteiger partial charge in [-0.15, -0.1) is 0 Å². The number of hydrogen-bond acceptors (Lipinski definition) is 2. The van der Waals surface area contributed by atoms with Crippen LogP contribution in [0.1, 0.15) is 43.9 Å². The average Bonchev–Trinajstić information content (AvgIpc) is 2.63. The zero-order valence-electron chi connectivity index (χ0n) is 16.7. The van der Waals surface area contributed by atoms with Crippen LogP contribution in [0.15, 0.2) is 54.6 Å². The van der Waals surface area contributed by atoms with Gasteiger partial charge >= 0.3 is 0 Å². The second kappa shape index (κ2) is 9.91. The van der Waals surface area contributed by atoms with Crippen LogP contribution in [-0.4, -0.2) is 28.8 Å². The molecule has 1 N–H and O–H groups in total. The van der Waals surface area contributed by atoms with Crippen molar-refractivity contribution in [2.75, 3.05) is 0 Å². The number of carbonyl (C=O) groups is 2. The van der Waals surface area contributed by atoms with E-state index >= 15 is 0 Å². The van der Waals surface area contributed by atoms with Crippen LogP contribution in [0.25, 0.3) is 0 Å². The molecule has 0 fully saturated rings. The Labute approximate surface area is 162 Å². The number of nitrogens with zero attached hydrogens (tertiary/aromatic N) is 1. The maximum Gasteiger partial charge on any atom is 0.243 e. The molecule has 144 valence electrons. The molecule has 0 aliphatic rings. The number of benzene rings is 2. The molecule has 0 heterocycles. The minimum Gasteiger partial charge on any atom is -0.352 e. The molecule has 2 rings (SSSR count). The van der Waals surface area contributed by atoms with Gasteiger partial charge in [0, 0.05) is 12.6 Å². The Morgan fingerprint density at radius 3 is 2.22 bits per heavy atom. The Hall–Kier alpha value is -2.62. The highest BCUT2D eigenvalue weighted by Gasteiger charge is 2.29. The summed E-state index contributed by atoms with van der Waals surface area (Å²) in [6.45, 7) is 8.24. The SMILES string of the molecule is CC[C@H](C(=O)NC(C)C)N(Cc1ccccc1)C(=O)Cc1ccccc1C. The van der Waals surface area contributed by atoms with Crippen LogP contribution < -0.4 is 5.32 Å². The second-order valence-corrected chi connectivity index (χ2v) is 7.20. The van der Waals surface area contributed by atoms with Gasteiger partial charge in [-0.05, 0) is 43.9 Å². The summed E-state index contributed by atoms with van der Waals surface area (Å²) in [5.74, 6) is -0.125. The van der Waals surface area contributed by atoms with Crippen molar-refractivity contribution in [2.24, 2.45) is 0 Å². The van der Waals surface area contributed by atoms with Gasteiger partial charge in [0.1, 0.15) is 6.04 Å². The van der Waals surface area contributed by atoms with E-state index in [2.05, 4.69) is 5.32 Å². The normalized spacial score (nSPS) is 11.9. The van der Waals surface area contributed by atoms with E-state index in [1.807, 2.05) is 82.3 Å². The first-order valence-electron chi connectivity index (χ1n) is 9.60. The maximum atomic E-state index is 13.2. The van der Waals surface area contributed by atoms with Crippen molar-refractivity contribution in [3.8, 4) is 0 Å². The van der Waals surface area contributed by atoms with Gasteiger partial charge in [-0.3, -0.25) is 9.59 Å². The van der Waals surface area contributed by atoms with Gasteiger partial charge in [0.2, 0.25) is 11.8 Å². The van der Waals surface area contributed by atoms with Gasteiger partial charge in [-0.2, -0.15) is 0 Å². The predicted molar refractivity (Wildman–Crippen MR) is 109 cm³/mol. The summed E-state index contributed by atoms with van der Waals surface area (Å²) in [5, 5.41) is 2.96. The zero-order valence-corrected chi connectivity index (χ0v) is 16.7. The molecule has 1 atom stereocenters. The first kappa shape index (κ1) is 20.7. The number of aryl methyl sites for hydroxylation is 1. The number of nitrogens with one attached hydrogen (secondary N) is 1. The van der Waals surface area contributed by atoms with Gasteiger partial charge in [-0.25, -0.2) is 0 Å². The van der Waals surface area contributed by atoms with E-state index in [1.165, 1.54) is 0 Å². The van der Waals surface area contributed by atoms with Crippen LogP contribution in [-0.2, 0) is 22.6 Å². The van der Waals surface area contributed by atoms with Crippen molar-refractivity contribution in [2.45, 2.75) is 59.2 Å². The minimum atomic E-state index is -0.482. The molecule has 0 radical (unpaired) electrons. The van der Waals surface area contributed by atoms with Gasteiger partial charge in [0.15, 0.2) is 0 Å². The highest BCUT2D eigenvalue weighted by atomic mass is 16.2. The van der Waals surface area contributed by atoms with Gasteiger partial charge in [0.25, 0.3) is 0 Å². The van der Waals surface area contributed by atoms with Crippen LogP contribution in [0.4, 0.5) is 0 Å². The molecule has 0 spiro atoms. The summed E-state index contributed by atoms with van der Waals surface area (Å²) in [6, 6.07) is 17.3. The molecule has 27 heavy (non-hydrogen) atoms. The first-order valence-corrected chi connectivity index (χ1v) is 9.60. The highest BCUT2D eigenvalue weighted by Crippen LogP contribution is 2.16. The standard InChI is InChI=1S/C23H30N2O2/c1-5-21(23(27)24-17(2)3)25(16-19-12-7-6-8-13-19)22(26)15-20-14-10-9-11-18(20)4/h6-14,17,21H,5,15-16H2,1-4H3,(H,24,27)/t21-/m1/s1. The van der Waals surface area contributed by atoms with Crippen molar-refractivity contribution < 1.29 is 9.59 Å². The fourth-order valence-corrected chi connectivity index (χ4v) is 3.15. The van der Waals surface area contributed by atoms with Crippen LogP contribution in [0, 0.1) is 6.92 Å². The van der Waals surface area contributed by atoms with Crippen LogP contribution in [0.5, 0.6) is 0 Å². The average molecular weight is 367 g/mol. The third kappa shape index (κ3) is 5.95. The van der Waals surface area contributed by atoms with E-state index < -0.39 is 6.04 Å². The van der Waals surface area contributed by atoms with E-state index in [4.69, 9.17) is 0 Å². The molecule has 2 aromatic rings. The lowest BCUT2D eigenvalue weighted by molar-refractivity contribution is -0.141. The van der Waals surface area contributed by atoms with Crippen molar-refractivity contribution in [3.63, 3.8) is 0 Å². The van der Waals surface area contributed by atoms with E-state index in [-0.39, 0.29) is 17.9 Å². The topological polar surface area (TPSA) is 49.4 Å². The van der Waals surface area contributed by atoms with Crippen LogP contribution >= 0.6 is 0 Å². The fraction of sp³-hybridized carbons (Fsp3) is 0.391. The molecule has 2 aromatic carbocycles. The number of carbonyl (C=O) groups excluding carboxylic acids is 2. The lowest BCUT2D eigenvalue weighted by atomic mass is 10.0.